The molecule has 4 heteroatoms. The van der Waals surface area contributed by atoms with Crippen LogP contribution in [0.25, 0.3) is 0 Å². The Bertz CT molecular complexity index is 381. The van der Waals surface area contributed by atoms with E-state index in [1.165, 1.54) is 25.3 Å². The van der Waals surface area contributed by atoms with Crippen LogP contribution in [0.3, 0.4) is 0 Å². The SMILES string of the molecule is C=C(C)S(=O)(=O)c1cc[c]cn1. The average Bonchev–Trinajstić information content (AvgIpc) is 2.06. The summed E-state index contributed by atoms with van der Waals surface area (Å²) in [7, 11) is -3.40. The van der Waals surface area contributed by atoms with Gasteiger partial charge in [0.1, 0.15) is 0 Å². The number of nitrogens with zero attached hydrogens (tertiary/aromatic N) is 1. The summed E-state index contributed by atoms with van der Waals surface area (Å²) in [5.74, 6) is 0. The van der Waals surface area contributed by atoms with Gasteiger partial charge >= 0.3 is 0 Å². The summed E-state index contributed by atoms with van der Waals surface area (Å²) in [6.07, 6.45) is 1.32. The van der Waals surface area contributed by atoms with E-state index < -0.39 is 9.84 Å². The molecular weight excluding hydrogens is 174 g/mol. The Balaban J connectivity index is 3.26. The number of allylic oxidation sites excluding steroid dienone is 1. The fourth-order valence-corrected chi connectivity index (χ4v) is 1.44. The van der Waals surface area contributed by atoms with Crippen LogP contribution in [0.4, 0.5) is 0 Å². The number of hydrogen-bond acceptors (Lipinski definition) is 3. The van der Waals surface area contributed by atoms with Crippen LogP contribution >= 0.6 is 0 Å². The van der Waals surface area contributed by atoms with E-state index in [-0.39, 0.29) is 9.93 Å². The largest absolute Gasteiger partial charge is 0.244 e. The van der Waals surface area contributed by atoms with Crippen molar-refractivity contribution < 1.29 is 8.42 Å². The smallest absolute Gasteiger partial charge is 0.219 e. The Hall–Kier alpha value is -1.16. The van der Waals surface area contributed by atoms with E-state index in [0.717, 1.165) is 0 Å². The Morgan fingerprint density at radius 3 is 2.75 bits per heavy atom. The van der Waals surface area contributed by atoms with Crippen LogP contribution < -0.4 is 0 Å². The number of pyridine rings is 1. The predicted octanol–water partition coefficient (Wildman–Crippen LogP) is 1.19. The lowest BCUT2D eigenvalue weighted by Crippen LogP contribution is -2.02. The molecule has 1 aromatic rings. The molecule has 1 heterocycles. The molecule has 0 saturated carbocycles. The van der Waals surface area contributed by atoms with Crippen molar-refractivity contribution in [3.63, 3.8) is 0 Å². The van der Waals surface area contributed by atoms with Gasteiger partial charge in [0, 0.05) is 17.2 Å². The molecule has 1 radical (unpaired) electrons. The van der Waals surface area contributed by atoms with E-state index in [1.807, 2.05) is 0 Å². The molecule has 63 valence electrons. The third kappa shape index (κ3) is 1.53. The summed E-state index contributed by atoms with van der Waals surface area (Å²) in [4.78, 5) is 3.77. The lowest BCUT2D eigenvalue weighted by atomic mass is 10.5. The Kier molecular flexibility index (Phi) is 2.28. The maximum absolute atomic E-state index is 11.4. The highest BCUT2D eigenvalue weighted by atomic mass is 32.2. The van der Waals surface area contributed by atoms with Gasteiger partial charge in [0.05, 0.1) is 0 Å². The number of sulfone groups is 1. The van der Waals surface area contributed by atoms with Gasteiger partial charge in [-0.25, -0.2) is 13.4 Å². The molecule has 0 unspecified atom stereocenters. The summed E-state index contributed by atoms with van der Waals surface area (Å²) in [6, 6.07) is 5.53. The van der Waals surface area contributed by atoms with Crippen LogP contribution in [0.1, 0.15) is 6.92 Å². The minimum absolute atomic E-state index is 0.0220. The minimum atomic E-state index is -3.40. The van der Waals surface area contributed by atoms with Gasteiger partial charge in [0.2, 0.25) is 9.84 Å². The molecule has 0 aliphatic rings. The zero-order valence-corrected chi connectivity index (χ0v) is 7.43. The van der Waals surface area contributed by atoms with Crippen molar-refractivity contribution in [1.82, 2.24) is 4.98 Å². The summed E-state index contributed by atoms with van der Waals surface area (Å²) < 4.78 is 22.7. The molecule has 0 aliphatic carbocycles. The summed E-state index contributed by atoms with van der Waals surface area (Å²) in [5.41, 5.74) is 0. The second-order valence-electron chi connectivity index (χ2n) is 2.30. The molecular formula is C8H8NO2S. The number of hydrogen-bond donors (Lipinski definition) is 0. The van der Waals surface area contributed by atoms with Gasteiger partial charge in [-0.15, -0.1) is 0 Å². The first-order valence-corrected chi connectivity index (χ1v) is 4.76. The Morgan fingerprint density at radius 1 is 1.67 bits per heavy atom. The Labute approximate surface area is 71.7 Å². The van der Waals surface area contributed by atoms with Gasteiger partial charge in [0.25, 0.3) is 0 Å². The van der Waals surface area contributed by atoms with Crippen molar-refractivity contribution in [2.24, 2.45) is 0 Å². The van der Waals surface area contributed by atoms with Gasteiger partial charge in [-0.2, -0.15) is 0 Å². The van der Waals surface area contributed by atoms with Crippen molar-refractivity contribution >= 4 is 9.84 Å². The topological polar surface area (TPSA) is 47.0 Å². The second-order valence-corrected chi connectivity index (χ2v) is 4.42. The van der Waals surface area contributed by atoms with Crippen molar-refractivity contribution in [3.05, 3.63) is 35.9 Å². The maximum Gasteiger partial charge on any atom is 0.219 e. The first kappa shape index (κ1) is 8.93. The van der Waals surface area contributed by atoms with Crippen LogP contribution in [0.5, 0.6) is 0 Å². The van der Waals surface area contributed by atoms with Crippen LogP contribution in [0, 0.1) is 6.07 Å². The lowest BCUT2D eigenvalue weighted by Gasteiger charge is -1.99. The van der Waals surface area contributed by atoms with Gasteiger partial charge in [-0.1, -0.05) is 6.58 Å². The molecule has 0 spiro atoms. The summed E-state index contributed by atoms with van der Waals surface area (Å²) in [6.45, 7) is 4.80. The molecule has 3 nitrogen and oxygen atoms in total. The molecule has 1 rings (SSSR count). The normalized spacial score (nSPS) is 11.1. The maximum atomic E-state index is 11.4. The van der Waals surface area contributed by atoms with E-state index in [1.54, 1.807) is 0 Å². The standard InChI is InChI=1S/C8H8NO2S/c1-7(2)12(10,11)8-5-3-4-6-9-8/h3,5-6H,1H2,2H3. The molecule has 0 N–H and O–H groups in total. The zero-order valence-electron chi connectivity index (χ0n) is 6.61. The van der Waals surface area contributed by atoms with E-state index in [9.17, 15) is 8.42 Å². The third-order valence-corrected chi connectivity index (χ3v) is 3.03. The van der Waals surface area contributed by atoms with Crippen LogP contribution in [-0.2, 0) is 9.84 Å². The van der Waals surface area contributed by atoms with Crippen molar-refractivity contribution in [2.45, 2.75) is 11.9 Å². The van der Waals surface area contributed by atoms with Crippen molar-refractivity contribution in [3.8, 4) is 0 Å². The molecule has 1 aromatic heterocycles. The summed E-state index contributed by atoms with van der Waals surface area (Å²) >= 11 is 0. The average molecular weight is 182 g/mol. The van der Waals surface area contributed by atoms with Gasteiger partial charge in [-0.05, 0) is 19.1 Å². The molecule has 0 fully saturated rings. The third-order valence-electron chi connectivity index (χ3n) is 1.32. The van der Waals surface area contributed by atoms with Crippen molar-refractivity contribution in [2.75, 3.05) is 0 Å². The minimum Gasteiger partial charge on any atom is -0.244 e. The quantitative estimate of drug-likeness (QED) is 0.690. The van der Waals surface area contributed by atoms with Gasteiger partial charge in [0.15, 0.2) is 5.03 Å². The molecule has 12 heavy (non-hydrogen) atoms. The zero-order chi connectivity index (χ0) is 9.19. The summed E-state index contributed by atoms with van der Waals surface area (Å²) in [5, 5.41) is 0.0220. The molecule has 0 bridgehead atoms. The highest BCUT2D eigenvalue weighted by molar-refractivity contribution is 7.95. The van der Waals surface area contributed by atoms with E-state index >= 15 is 0 Å². The lowest BCUT2D eigenvalue weighted by molar-refractivity contribution is 0.598. The van der Waals surface area contributed by atoms with E-state index in [0.29, 0.717) is 0 Å². The highest BCUT2D eigenvalue weighted by Crippen LogP contribution is 2.13. The number of aromatic nitrogens is 1. The van der Waals surface area contributed by atoms with Crippen LogP contribution in [-0.4, -0.2) is 13.4 Å². The van der Waals surface area contributed by atoms with E-state index in [2.05, 4.69) is 17.6 Å². The molecule has 0 saturated heterocycles. The number of rotatable bonds is 2. The monoisotopic (exact) mass is 182 g/mol. The van der Waals surface area contributed by atoms with Crippen LogP contribution in [0.15, 0.2) is 34.8 Å². The predicted molar refractivity (Wildman–Crippen MR) is 45.1 cm³/mol. The fraction of sp³-hybridized carbons (Fsp3) is 0.125. The highest BCUT2D eigenvalue weighted by Gasteiger charge is 2.15. The fourth-order valence-electron chi connectivity index (χ4n) is 0.644. The van der Waals surface area contributed by atoms with E-state index in [4.69, 9.17) is 0 Å². The second kappa shape index (κ2) is 3.06. The first-order chi connectivity index (χ1) is 5.55. The molecule has 0 aliphatic heterocycles. The van der Waals surface area contributed by atoms with Crippen molar-refractivity contribution in [1.29, 1.82) is 0 Å². The van der Waals surface area contributed by atoms with Gasteiger partial charge < -0.3 is 0 Å². The van der Waals surface area contributed by atoms with Crippen LogP contribution in [0.2, 0.25) is 0 Å². The first-order valence-electron chi connectivity index (χ1n) is 3.28. The molecule has 0 aromatic carbocycles. The van der Waals surface area contributed by atoms with Gasteiger partial charge in [-0.3, -0.25) is 0 Å². The molecule has 0 amide bonds. The molecule has 0 atom stereocenters. The Morgan fingerprint density at radius 2 is 2.33 bits per heavy atom.